The lowest BCUT2D eigenvalue weighted by Crippen LogP contribution is -2.39. The number of hydrogen-bond donors (Lipinski definition) is 2. The molecule has 3 N–H and O–H groups in total. The molecule has 60 valence electrons. The van der Waals surface area contributed by atoms with E-state index < -0.39 is 10.8 Å². The van der Waals surface area contributed by atoms with E-state index in [1.807, 2.05) is 6.92 Å². The smallest absolute Gasteiger partial charge is 0.163 e. The van der Waals surface area contributed by atoms with Crippen molar-refractivity contribution in [3.63, 3.8) is 0 Å². The molecule has 0 aliphatic carbocycles. The highest BCUT2D eigenvalue weighted by molar-refractivity contribution is 7.84. The van der Waals surface area contributed by atoms with E-state index >= 15 is 0 Å². The fraction of sp³-hybridized carbons (Fsp3) is 0.800. The van der Waals surface area contributed by atoms with E-state index in [0.29, 0.717) is 5.75 Å². The molecule has 0 aromatic heterocycles. The second kappa shape index (κ2) is 4.62. The molecule has 5 heteroatoms. The minimum atomic E-state index is -0.790. The fourth-order valence-electron chi connectivity index (χ4n) is 0.637. The standard InChI is InChI=1S/C5H12N2OS2/c1-4(3-10(2)8)7-5(6)9/h4H,3H2,1-2H3,(H3,6,7,9). The monoisotopic (exact) mass is 180 g/mol. The predicted octanol–water partition coefficient (Wildman–Crippen LogP) is -0.413. The molecule has 0 aromatic carbocycles. The lowest BCUT2D eigenvalue weighted by molar-refractivity contribution is 0.672. The van der Waals surface area contributed by atoms with Crippen LogP contribution in [0.5, 0.6) is 0 Å². The summed E-state index contributed by atoms with van der Waals surface area (Å²) in [5.41, 5.74) is 5.19. The minimum absolute atomic E-state index is 0.100. The Morgan fingerprint density at radius 1 is 1.90 bits per heavy atom. The zero-order valence-corrected chi connectivity index (χ0v) is 7.72. The zero-order chi connectivity index (χ0) is 8.15. The van der Waals surface area contributed by atoms with E-state index in [2.05, 4.69) is 17.5 Å². The molecule has 10 heavy (non-hydrogen) atoms. The molecular formula is C5H12N2OS2. The first kappa shape index (κ1) is 9.84. The number of rotatable bonds is 3. The third-order valence-electron chi connectivity index (χ3n) is 0.873. The highest BCUT2D eigenvalue weighted by Crippen LogP contribution is 1.83. The van der Waals surface area contributed by atoms with Gasteiger partial charge in [-0.25, -0.2) is 0 Å². The Hall–Kier alpha value is -0.160. The molecule has 0 saturated heterocycles. The summed E-state index contributed by atoms with van der Waals surface area (Å²) in [6.07, 6.45) is 1.65. The fourth-order valence-corrected chi connectivity index (χ4v) is 1.63. The number of nitrogens with one attached hydrogen (secondary N) is 1. The van der Waals surface area contributed by atoms with Gasteiger partial charge in [0, 0.05) is 28.9 Å². The number of nitrogens with two attached hydrogens (primary N) is 1. The number of hydrogen-bond acceptors (Lipinski definition) is 2. The molecule has 0 bridgehead atoms. The Morgan fingerprint density at radius 2 is 2.40 bits per heavy atom. The summed E-state index contributed by atoms with van der Waals surface area (Å²) in [4.78, 5) is 0. The second-order valence-electron chi connectivity index (χ2n) is 2.15. The average Bonchev–Trinajstić information content (AvgIpc) is 1.58. The van der Waals surface area contributed by atoms with Crippen LogP contribution in [0.2, 0.25) is 0 Å². The van der Waals surface area contributed by atoms with Gasteiger partial charge in [-0.2, -0.15) is 0 Å². The van der Waals surface area contributed by atoms with Crippen molar-refractivity contribution in [1.82, 2.24) is 5.32 Å². The van der Waals surface area contributed by atoms with E-state index in [1.54, 1.807) is 6.26 Å². The largest absolute Gasteiger partial charge is 0.376 e. The molecule has 0 aliphatic rings. The van der Waals surface area contributed by atoms with Gasteiger partial charge in [-0.3, -0.25) is 4.21 Å². The van der Waals surface area contributed by atoms with Gasteiger partial charge in [0.05, 0.1) is 0 Å². The van der Waals surface area contributed by atoms with Crippen LogP contribution >= 0.6 is 12.2 Å². The van der Waals surface area contributed by atoms with Gasteiger partial charge in [-0.1, -0.05) is 0 Å². The van der Waals surface area contributed by atoms with Crippen molar-refractivity contribution in [3.8, 4) is 0 Å². The third kappa shape index (κ3) is 5.97. The quantitative estimate of drug-likeness (QED) is 0.580. The Labute approximate surface area is 68.8 Å². The van der Waals surface area contributed by atoms with E-state index in [9.17, 15) is 4.21 Å². The normalized spacial score (nSPS) is 15.8. The Balaban J connectivity index is 3.53. The highest BCUT2D eigenvalue weighted by Gasteiger charge is 2.02. The first-order chi connectivity index (χ1) is 4.52. The van der Waals surface area contributed by atoms with Crippen LogP contribution in [0.1, 0.15) is 6.92 Å². The summed E-state index contributed by atoms with van der Waals surface area (Å²) in [5.74, 6) is 0.581. The summed E-state index contributed by atoms with van der Waals surface area (Å²) in [7, 11) is -0.790. The predicted molar refractivity (Wildman–Crippen MR) is 48.3 cm³/mol. The molecule has 0 fully saturated rings. The maximum absolute atomic E-state index is 10.6. The molecule has 0 rings (SSSR count). The summed E-state index contributed by atoms with van der Waals surface area (Å²) < 4.78 is 10.6. The van der Waals surface area contributed by atoms with Gasteiger partial charge in [-0.15, -0.1) is 0 Å². The van der Waals surface area contributed by atoms with Crippen molar-refractivity contribution in [2.75, 3.05) is 12.0 Å². The van der Waals surface area contributed by atoms with Crippen molar-refractivity contribution in [2.45, 2.75) is 13.0 Å². The molecule has 0 radical (unpaired) electrons. The molecule has 0 aliphatic heterocycles. The summed E-state index contributed by atoms with van der Waals surface area (Å²) >= 11 is 4.59. The van der Waals surface area contributed by atoms with E-state index in [-0.39, 0.29) is 11.2 Å². The molecule has 0 spiro atoms. The van der Waals surface area contributed by atoms with E-state index in [4.69, 9.17) is 5.73 Å². The van der Waals surface area contributed by atoms with Crippen molar-refractivity contribution in [1.29, 1.82) is 0 Å². The maximum Gasteiger partial charge on any atom is 0.163 e. The van der Waals surface area contributed by atoms with Gasteiger partial charge in [0.2, 0.25) is 0 Å². The lowest BCUT2D eigenvalue weighted by Gasteiger charge is -2.10. The van der Waals surface area contributed by atoms with Gasteiger partial charge in [0.25, 0.3) is 0 Å². The van der Waals surface area contributed by atoms with Crippen LogP contribution in [0.25, 0.3) is 0 Å². The Bertz CT molecular complexity index is 133. The average molecular weight is 180 g/mol. The summed E-state index contributed by atoms with van der Waals surface area (Å²) in [6, 6.07) is 0.100. The van der Waals surface area contributed by atoms with Gasteiger partial charge in [0.15, 0.2) is 5.11 Å². The molecule has 2 unspecified atom stereocenters. The Morgan fingerprint density at radius 3 is 2.70 bits per heavy atom. The molecule has 2 atom stereocenters. The molecular weight excluding hydrogens is 168 g/mol. The third-order valence-corrected chi connectivity index (χ3v) is 1.96. The second-order valence-corrected chi connectivity index (χ2v) is 4.07. The molecule has 0 heterocycles. The topological polar surface area (TPSA) is 55.1 Å². The zero-order valence-electron chi connectivity index (χ0n) is 6.09. The van der Waals surface area contributed by atoms with Gasteiger partial charge < -0.3 is 11.1 Å². The summed E-state index contributed by atoms with van der Waals surface area (Å²) in [5, 5.41) is 3.05. The van der Waals surface area contributed by atoms with Crippen LogP contribution in [0.3, 0.4) is 0 Å². The lowest BCUT2D eigenvalue weighted by atomic mass is 10.4. The van der Waals surface area contributed by atoms with Gasteiger partial charge in [-0.05, 0) is 19.1 Å². The maximum atomic E-state index is 10.6. The van der Waals surface area contributed by atoms with Gasteiger partial charge >= 0.3 is 0 Å². The molecule has 0 aromatic rings. The van der Waals surface area contributed by atoms with Crippen molar-refractivity contribution in [2.24, 2.45) is 5.73 Å². The van der Waals surface area contributed by atoms with Gasteiger partial charge in [0.1, 0.15) is 0 Å². The molecule has 3 nitrogen and oxygen atoms in total. The minimum Gasteiger partial charge on any atom is -0.376 e. The van der Waals surface area contributed by atoms with Crippen LogP contribution in [0, 0.1) is 0 Å². The first-order valence-electron chi connectivity index (χ1n) is 2.88. The van der Waals surface area contributed by atoms with Crippen LogP contribution in [-0.2, 0) is 10.8 Å². The van der Waals surface area contributed by atoms with Crippen LogP contribution in [-0.4, -0.2) is 27.4 Å². The van der Waals surface area contributed by atoms with Crippen molar-refractivity contribution >= 4 is 28.1 Å². The van der Waals surface area contributed by atoms with Crippen molar-refractivity contribution < 1.29 is 4.21 Å². The molecule has 0 amide bonds. The van der Waals surface area contributed by atoms with E-state index in [1.165, 1.54) is 0 Å². The van der Waals surface area contributed by atoms with E-state index in [0.717, 1.165) is 0 Å². The van der Waals surface area contributed by atoms with Crippen LogP contribution < -0.4 is 11.1 Å². The molecule has 0 saturated carbocycles. The van der Waals surface area contributed by atoms with Crippen molar-refractivity contribution in [3.05, 3.63) is 0 Å². The SMILES string of the molecule is CC(CS(C)=O)NC(N)=S. The highest BCUT2D eigenvalue weighted by atomic mass is 32.2. The Kier molecular flexibility index (Phi) is 4.55. The first-order valence-corrected chi connectivity index (χ1v) is 5.02. The van der Waals surface area contributed by atoms with Crippen LogP contribution in [0.4, 0.5) is 0 Å². The van der Waals surface area contributed by atoms with Crippen LogP contribution in [0.15, 0.2) is 0 Å². The number of thiocarbonyl (C=S) groups is 1. The summed E-state index contributed by atoms with van der Waals surface area (Å²) in [6.45, 7) is 1.89.